The molecule has 106 valence electrons. The number of rotatable bonds is 6. The van der Waals surface area contributed by atoms with E-state index in [0.717, 1.165) is 0 Å². The van der Waals surface area contributed by atoms with Crippen molar-refractivity contribution < 1.29 is 13.5 Å². The minimum absolute atomic E-state index is 0.250. The van der Waals surface area contributed by atoms with Crippen molar-refractivity contribution in [2.45, 2.75) is 37.7 Å². The fourth-order valence-electron chi connectivity index (χ4n) is 2.08. The van der Waals surface area contributed by atoms with Crippen molar-refractivity contribution in [1.29, 1.82) is 0 Å². The first-order chi connectivity index (χ1) is 8.90. The minimum atomic E-state index is -3.44. The highest BCUT2D eigenvalue weighted by atomic mass is 32.2. The average molecular weight is 283 g/mol. The molecule has 2 N–H and O–H groups in total. The Labute approximate surface area is 114 Å². The standard InChI is InChI=1S/C14H21NO3S/c1-10(12-3-4-12)9-15-19(17,18)14-7-5-13(6-8-14)11(2)16/h5-8,10-12,15-16H,3-4,9H2,1-2H3. The number of nitrogens with one attached hydrogen (secondary N) is 1. The predicted octanol–water partition coefficient (Wildman–Crippen LogP) is 2.06. The zero-order valence-electron chi connectivity index (χ0n) is 11.3. The summed E-state index contributed by atoms with van der Waals surface area (Å²) in [5.41, 5.74) is 0.713. The van der Waals surface area contributed by atoms with Crippen molar-refractivity contribution >= 4 is 10.0 Å². The molecule has 1 aliphatic carbocycles. The highest BCUT2D eigenvalue weighted by Crippen LogP contribution is 2.36. The summed E-state index contributed by atoms with van der Waals surface area (Å²) in [6.45, 7) is 4.22. The molecular weight excluding hydrogens is 262 g/mol. The maximum Gasteiger partial charge on any atom is 0.240 e. The smallest absolute Gasteiger partial charge is 0.240 e. The first kappa shape index (κ1) is 14.5. The summed E-state index contributed by atoms with van der Waals surface area (Å²) in [6, 6.07) is 6.35. The number of aliphatic hydroxyl groups is 1. The molecule has 1 saturated carbocycles. The number of sulfonamides is 1. The molecule has 2 rings (SSSR count). The lowest BCUT2D eigenvalue weighted by atomic mass is 10.1. The van der Waals surface area contributed by atoms with Crippen LogP contribution in [-0.4, -0.2) is 20.1 Å². The molecule has 0 heterocycles. The highest BCUT2D eigenvalue weighted by Gasteiger charge is 2.28. The fourth-order valence-corrected chi connectivity index (χ4v) is 3.23. The Morgan fingerprint density at radius 1 is 1.26 bits per heavy atom. The maximum absolute atomic E-state index is 12.1. The van der Waals surface area contributed by atoms with Gasteiger partial charge in [0.15, 0.2) is 0 Å². The Balaban J connectivity index is 2.01. The number of aliphatic hydroxyl groups excluding tert-OH is 1. The van der Waals surface area contributed by atoms with E-state index in [1.165, 1.54) is 25.0 Å². The van der Waals surface area contributed by atoms with Crippen LogP contribution in [0.4, 0.5) is 0 Å². The second kappa shape index (κ2) is 5.61. The van der Waals surface area contributed by atoms with Gasteiger partial charge < -0.3 is 5.11 Å². The summed E-state index contributed by atoms with van der Waals surface area (Å²) in [7, 11) is -3.44. The SMILES string of the molecule is CC(O)c1ccc(S(=O)(=O)NCC(C)C2CC2)cc1. The Morgan fingerprint density at radius 2 is 1.84 bits per heavy atom. The van der Waals surface area contributed by atoms with Crippen LogP contribution in [0.25, 0.3) is 0 Å². The fraction of sp³-hybridized carbons (Fsp3) is 0.571. The van der Waals surface area contributed by atoms with Crippen LogP contribution in [0.3, 0.4) is 0 Å². The van der Waals surface area contributed by atoms with Crippen LogP contribution in [0.5, 0.6) is 0 Å². The first-order valence-corrected chi connectivity index (χ1v) is 8.16. The molecule has 2 atom stereocenters. The maximum atomic E-state index is 12.1. The molecule has 1 aromatic rings. The minimum Gasteiger partial charge on any atom is -0.389 e. The Morgan fingerprint density at radius 3 is 2.32 bits per heavy atom. The van der Waals surface area contributed by atoms with Crippen molar-refractivity contribution in [2.75, 3.05) is 6.54 Å². The molecule has 1 aliphatic rings. The van der Waals surface area contributed by atoms with Crippen LogP contribution >= 0.6 is 0 Å². The summed E-state index contributed by atoms with van der Waals surface area (Å²) in [6.07, 6.45) is 1.84. The van der Waals surface area contributed by atoms with E-state index in [1.807, 2.05) is 0 Å². The van der Waals surface area contributed by atoms with E-state index >= 15 is 0 Å². The van der Waals surface area contributed by atoms with E-state index in [1.54, 1.807) is 19.1 Å². The van der Waals surface area contributed by atoms with Gasteiger partial charge in [-0.1, -0.05) is 19.1 Å². The summed E-state index contributed by atoms with van der Waals surface area (Å²) in [4.78, 5) is 0.250. The van der Waals surface area contributed by atoms with Crippen molar-refractivity contribution in [3.05, 3.63) is 29.8 Å². The third kappa shape index (κ3) is 3.78. The summed E-state index contributed by atoms with van der Waals surface area (Å²) in [5.74, 6) is 1.08. The normalized spacial score (nSPS) is 19.1. The van der Waals surface area contributed by atoms with E-state index < -0.39 is 16.1 Å². The van der Waals surface area contributed by atoms with Gasteiger partial charge in [0.05, 0.1) is 11.0 Å². The van der Waals surface area contributed by atoms with Crippen LogP contribution in [-0.2, 0) is 10.0 Å². The van der Waals surface area contributed by atoms with Gasteiger partial charge in [-0.05, 0) is 49.3 Å². The summed E-state index contributed by atoms with van der Waals surface area (Å²) < 4.78 is 26.8. The second-order valence-electron chi connectivity index (χ2n) is 5.41. The lowest BCUT2D eigenvalue weighted by molar-refractivity contribution is 0.199. The lowest BCUT2D eigenvalue weighted by Gasteiger charge is -2.12. The Kier molecular flexibility index (Phi) is 4.28. The molecule has 5 heteroatoms. The zero-order valence-corrected chi connectivity index (χ0v) is 12.2. The van der Waals surface area contributed by atoms with Gasteiger partial charge in [-0.3, -0.25) is 0 Å². The molecule has 19 heavy (non-hydrogen) atoms. The van der Waals surface area contributed by atoms with Crippen LogP contribution < -0.4 is 4.72 Å². The van der Waals surface area contributed by atoms with Crippen molar-refractivity contribution in [3.8, 4) is 0 Å². The van der Waals surface area contributed by atoms with Crippen LogP contribution in [0.1, 0.15) is 38.4 Å². The van der Waals surface area contributed by atoms with E-state index in [9.17, 15) is 13.5 Å². The van der Waals surface area contributed by atoms with Gasteiger partial charge in [-0.25, -0.2) is 13.1 Å². The first-order valence-electron chi connectivity index (χ1n) is 6.68. The number of benzene rings is 1. The summed E-state index contributed by atoms with van der Waals surface area (Å²) in [5, 5.41) is 9.40. The van der Waals surface area contributed by atoms with Crippen molar-refractivity contribution in [1.82, 2.24) is 4.72 Å². The lowest BCUT2D eigenvalue weighted by Crippen LogP contribution is -2.29. The molecule has 2 unspecified atom stereocenters. The van der Waals surface area contributed by atoms with Crippen molar-refractivity contribution in [3.63, 3.8) is 0 Å². The molecule has 1 fully saturated rings. The molecule has 0 aliphatic heterocycles. The largest absolute Gasteiger partial charge is 0.389 e. The van der Waals surface area contributed by atoms with E-state index in [4.69, 9.17) is 0 Å². The van der Waals surface area contributed by atoms with Gasteiger partial charge >= 0.3 is 0 Å². The third-order valence-electron chi connectivity index (χ3n) is 3.69. The molecule has 0 bridgehead atoms. The van der Waals surface area contributed by atoms with Gasteiger partial charge in [0.25, 0.3) is 0 Å². The van der Waals surface area contributed by atoms with Gasteiger partial charge in [0.1, 0.15) is 0 Å². The molecule has 0 saturated heterocycles. The van der Waals surface area contributed by atoms with E-state index in [0.29, 0.717) is 23.9 Å². The topological polar surface area (TPSA) is 66.4 Å². The third-order valence-corrected chi connectivity index (χ3v) is 5.13. The Bertz CT molecular complexity index is 518. The number of hydrogen-bond donors (Lipinski definition) is 2. The monoisotopic (exact) mass is 283 g/mol. The molecule has 0 spiro atoms. The second-order valence-corrected chi connectivity index (χ2v) is 7.18. The van der Waals surface area contributed by atoms with Gasteiger partial charge in [-0.15, -0.1) is 0 Å². The highest BCUT2D eigenvalue weighted by molar-refractivity contribution is 7.89. The molecule has 4 nitrogen and oxygen atoms in total. The number of hydrogen-bond acceptors (Lipinski definition) is 3. The van der Waals surface area contributed by atoms with Crippen LogP contribution in [0.15, 0.2) is 29.2 Å². The molecule has 0 aromatic heterocycles. The molecule has 0 radical (unpaired) electrons. The average Bonchev–Trinajstić information content (AvgIpc) is 3.20. The van der Waals surface area contributed by atoms with Gasteiger partial charge in [0.2, 0.25) is 10.0 Å². The van der Waals surface area contributed by atoms with Crippen LogP contribution in [0, 0.1) is 11.8 Å². The quantitative estimate of drug-likeness (QED) is 0.840. The van der Waals surface area contributed by atoms with E-state index in [2.05, 4.69) is 11.6 Å². The van der Waals surface area contributed by atoms with Crippen LogP contribution in [0.2, 0.25) is 0 Å². The molecule has 1 aromatic carbocycles. The molecular formula is C14H21NO3S. The summed E-state index contributed by atoms with van der Waals surface area (Å²) >= 11 is 0. The Hall–Kier alpha value is -0.910. The van der Waals surface area contributed by atoms with E-state index in [-0.39, 0.29) is 4.90 Å². The van der Waals surface area contributed by atoms with Crippen molar-refractivity contribution in [2.24, 2.45) is 11.8 Å². The zero-order chi connectivity index (χ0) is 14.0. The van der Waals surface area contributed by atoms with Gasteiger partial charge in [-0.2, -0.15) is 0 Å². The van der Waals surface area contributed by atoms with Gasteiger partial charge in [0, 0.05) is 6.54 Å². The predicted molar refractivity (Wildman–Crippen MR) is 74.2 cm³/mol. The molecule has 0 amide bonds.